The van der Waals surface area contributed by atoms with Crippen LogP contribution in [0.1, 0.15) is 18.4 Å². The summed E-state index contributed by atoms with van der Waals surface area (Å²) >= 11 is 0. The van der Waals surface area contributed by atoms with E-state index in [1.54, 1.807) is 0 Å². The smallest absolute Gasteiger partial charge is 0.181 e. The Labute approximate surface area is 82.9 Å². The number of rotatable bonds is 4. The minimum absolute atomic E-state index is 0.768. The monoisotopic (exact) mass is 190 g/mol. The Morgan fingerprint density at radius 1 is 1.29 bits per heavy atom. The van der Waals surface area contributed by atoms with Gasteiger partial charge in [0.1, 0.15) is 5.52 Å². The van der Waals surface area contributed by atoms with Crippen LogP contribution in [-0.4, -0.2) is 11.5 Å². The molecule has 0 aliphatic carbocycles. The maximum absolute atomic E-state index is 5.44. The Kier molecular flexibility index (Phi) is 2.79. The lowest BCUT2D eigenvalue weighted by Crippen LogP contribution is -1.98. The molecule has 0 amide bonds. The van der Waals surface area contributed by atoms with Gasteiger partial charge in [-0.15, -0.1) is 0 Å². The van der Waals surface area contributed by atoms with Gasteiger partial charge in [-0.3, -0.25) is 0 Å². The Bertz CT molecular complexity index is 408. The third kappa shape index (κ3) is 1.93. The molecule has 2 rings (SSSR count). The molecular weight excluding hydrogens is 176 g/mol. The first-order valence-electron chi connectivity index (χ1n) is 4.92. The van der Waals surface area contributed by atoms with Crippen LogP contribution in [0.5, 0.6) is 0 Å². The molecule has 1 aromatic carbocycles. The number of nitrogens with two attached hydrogens (primary N) is 1. The van der Waals surface area contributed by atoms with Crippen molar-refractivity contribution in [2.24, 2.45) is 5.73 Å². The lowest BCUT2D eigenvalue weighted by molar-refractivity contribution is 0.601. The summed E-state index contributed by atoms with van der Waals surface area (Å²) in [5.74, 6) is 0. The Balaban J connectivity index is 2.10. The third-order valence-electron chi connectivity index (χ3n) is 2.32. The summed E-state index contributed by atoms with van der Waals surface area (Å²) in [5.41, 5.74) is 8.53. The molecule has 0 saturated heterocycles. The van der Waals surface area contributed by atoms with Crippen molar-refractivity contribution in [2.75, 3.05) is 6.54 Å². The summed E-state index contributed by atoms with van der Waals surface area (Å²) < 4.78 is 5.23. The zero-order valence-electron chi connectivity index (χ0n) is 8.07. The first kappa shape index (κ1) is 9.21. The van der Waals surface area contributed by atoms with E-state index >= 15 is 0 Å². The summed E-state index contributed by atoms with van der Waals surface area (Å²) in [6, 6.07) is 6.15. The van der Waals surface area contributed by atoms with Crippen molar-refractivity contribution < 1.29 is 4.42 Å². The van der Waals surface area contributed by atoms with Crippen molar-refractivity contribution in [2.45, 2.75) is 19.3 Å². The van der Waals surface area contributed by atoms with Crippen LogP contribution >= 0.6 is 0 Å². The van der Waals surface area contributed by atoms with Crippen LogP contribution in [-0.2, 0) is 6.42 Å². The molecule has 3 heteroatoms. The number of fused-ring (bicyclic) bond motifs is 1. The van der Waals surface area contributed by atoms with Crippen LogP contribution in [0.4, 0.5) is 0 Å². The quantitative estimate of drug-likeness (QED) is 0.751. The number of aryl methyl sites for hydroxylation is 1. The van der Waals surface area contributed by atoms with Gasteiger partial charge in [0.15, 0.2) is 12.0 Å². The molecule has 2 N–H and O–H groups in total. The number of oxazole rings is 1. The first-order valence-corrected chi connectivity index (χ1v) is 4.92. The second-order valence-electron chi connectivity index (χ2n) is 3.40. The second kappa shape index (κ2) is 4.24. The highest BCUT2D eigenvalue weighted by Gasteiger charge is 1.99. The van der Waals surface area contributed by atoms with Gasteiger partial charge < -0.3 is 10.2 Å². The summed E-state index contributed by atoms with van der Waals surface area (Å²) in [4.78, 5) is 4.07. The van der Waals surface area contributed by atoms with Crippen molar-refractivity contribution in [1.82, 2.24) is 4.98 Å². The molecular formula is C11H14N2O. The fourth-order valence-corrected chi connectivity index (χ4v) is 1.53. The molecule has 14 heavy (non-hydrogen) atoms. The lowest BCUT2D eigenvalue weighted by atomic mass is 10.1. The molecule has 0 saturated carbocycles. The number of hydrogen-bond acceptors (Lipinski definition) is 3. The minimum Gasteiger partial charge on any atom is -0.443 e. The van der Waals surface area contributed by atoms with Gasteiger partial charge in [0.05, 0.1) is 0 Å². The molecule has 0 aliphatic heterocycles. The number of aromatic nitrogens is 1. The fraction of sp³-hybridized carbons (Fsp3) is 0.364. The molecule has 0 unspecified atom stereocenters. The van der Waals surface area contributed by atoms with Crippen LogP contribution in [0.3, 0.4) is 0 Å². The van der Waals surface area contributed by atoms with Crippen LogP contribution in [0.2, 0.25) is 0 Å². The van der Waals surface area contributed by atoms with Crippen molar-refractivity contribution in [3.05, 3.63) is 30.2 Å². The summed E-state index contributed by atoms with van der Waals surface area (Å²) in [6.07, 6.45) is 4.76. The summed E-state index contributed by atoms with van der Waals surface area (Å²) in [6.45, 7) is 0.768. The molecule has 0 radical (unpaired) electrons. The van der Waals surface area contributed by atoms with Gasteiger partial charge in [-0.05, 0) is 43.5 Å². The summed E-state index contributed by atoms with van der Waals surface area (Å²) in [5, 5.41) is 0. The molecule has 0 fully saturated rings. The van der Waals surface area contributed by atoms with Crippen molar-refractivity contribution >= 4 is 11.1 Å². The van der Waals surface area contributed by atoms with Crippen molar-refractivity contribution in [3.8, 4) is 0 Å². The van der Waals surface area contributed by atoms with E-state index in [2.05, 4.69) is 17.1 Å². The Hall–Kier alpha value is -1.35. The van der Waals surface area contributed by atoms with E-state index in [0.717, 1.165) is 36.9 Å². The SMILES string of the molecule is NCCCCc1ccc2ncoc2c1. The maximum Gasteiger partial charge on any atom is 0.181 e. The average Bonchev–Trinajstić information content (AvgIpc) is 2.65. The van der Waals surface area contributed by atoms with E-state index < -0.39 is 0 Å². The molecule has 0 spiro atoms. The normalized spacial score (nSPS) is 10.9. The zero-order valence-corrected chi connectivity index (χ0v) is 8.07. The second-order valence-corrected chi connectivity index (χ2v) is 3.40. The number of nitrogens with zero attached hydrogens (tertiary/aromatic N) is 1. The van der Waals surface area contributed by atoms with Gasteiger partial charge in [0.2, 0.25) is 0 Å². The zero-order chi connectivity index (χ0) is 9.80. The Morgan fingerprint density at radius 2 is 2.21 bits per heavy atom. The van der Waals surface area contributed by atoms with E-state index in [4.69, 9.17) is 10.2 Å². The Morgan fingerprint density at radius 3 is 3.07 bits per heavy atom. The largest absolute Gasteiger partial charge is 0.443 e. The molecule has 1 aromatic heterocycles. The van der Waals surface area contributed by atoms with Crippen LogP contribution < -0.4 is 5.73 Å². The minimum atomic E-state index is 0.768. The van der Waals surface area contributed by atoms with Crippen LogP contribution in [0, 0.1) is 0 Å². The van der Waals surface area contributed by atoms with E-state index in [1.807, 2.05) is 6.07 Å². The molecule has 3 nitrogen and oxygen atoms in total. The highest BCUT2D eigenvalue weighted by molar-refractivity contribution is 5.72. The van der Waals surface area contributed by atoms with Gasteiger partial charge in [0.25, 0.3) is 0 Å². The third-order valence-corrected chi connectivity index (χ3v) is 2.32. The van der Waals surface area contributed by atoms with Gasteiger partial charge in [-0.2, -0.15) is 0 Å². The van der Waals surface area contributed by atoms with Crippen LogP contribution in [0.15, 0.2) is 29.0 Å². The van der Waals surface area contributed by atoms with Gasteiger partial charge in [-0.25, -0.2) is 4.98 Å². The topological polar surface area (TPSA) is 52.0 Å². The van der Waals surface area contributed by atoms with Crippen molar-refractivity contribution in [3.63, 3.8) is 0 Å². The molecule has 1 heterocycles. The maximum atomic E-state index is 5.44. The van der Waals surface area contributed by atoms with E-state index in [-0.39, 0.29) is 0 Å². The number of hydrogen-bond donors (Lipinski definition) is 1. The van der Waals surface area contributed by atoms with E-state index in [1.165, 1.54) is 12.0 Å². The molecule has 0 aliphatic rings. The molecule has 74 valence electrons. The van der Waals surface area contributed by atoms with Crippen LogP contribution in [0.25, 0.3) is 11.1 Å². The van der Waals surface area contributed by atoms with Gasteiger partial charge in [0, 0.05) is 0 Å². The highest BCUT2D eigenvalue weighted by Crippen LogP contribution is 2.15. The fourth-order valence-electron chi connectivity index (χ4n) is 1.53. The van der Waals surface area contributed by atoms with Gasteiger partial charge >= 0.3 is 0 Å². The number of benzene rings is 1. The highest BCUT2D eigenvalue weighted by atomic mass is 16.3. The van der Waals surface area contributed by atoms with E-state index in [0.29, 0.717) is 0 Å². The standard InChI is InChI=1S/C11H14N2O/c12-6-2-1-3-9-4-5-10-11(7-9)14-8-13-10/h4-5,7-8H,1-3,6,12H2. The van der Waals surface area contributed by atoms with Gasteiger partial charge in [-0.1, -0.05) is 6.07 Å². The van der Waals surface area contributed by atoms with E-state index in [9.17, 15) is 0 Å². The lowest BCUT2D eigenvalue weighted by Gasteiger charge is -1.99. The molecule has 0 bridgehead atoms. The summed E-state index contributed by atoms with van der Waals surface area (Å²) in [7, 11) is 0. The average molecular weight is 190 g/mol. The number of unbranched alkanes of at least 4 members (excludes halogenated alkanes) is 1. The predicted molar refractivity (Wildman–Crippen MR) is 56.0 cm³/mol. The molecule has 2 aromatic rings. The van der Waals surface area contributed by atoms with Crippen molar-refractivity contribution in [1.29, 1.82) is 0 Å². The first-order chi connectivity index (χ1) is 6.90. The predicted octanol–water partition coefficient (Wildman–Crippen LogP) is 2.11. The molecule has 0 atom stereocenters.